The predicted molar refractivity (Wildman–Crippen MR) is 104 cm³/mol. The third-order valence-corrected chi connectivity index (χ3v) is 6.53. The Morgan fingerprint density at radius 2 is 1.89 bits per heavy atom. The molecule has 0 aromatic carbocycles. The van der Waals surface area contributed by atoms with Crippen molar-refractivity contribution in [2.75, 3.05) is 19.8 Å². The molecule has 1 aliphatic carbocycles. The minimum atomic E-state index is 0.0441. The van der Waals surface area contributed by atoms with Crippen LogP contribution in [0.5, 0.6) is 5.88 Å². The molecule has 3 fully saturated rings. The summed E-state index contributed by atoms with van der Waals surface area (Å²) >= 11 is 6.41. The van der Waals surface area contributed by atoms with Crippen LogP contribution < -0.4 is 4.74 Å². The Kier molecular flexibility index (Phi) is 6.18. The van der Waals surface area contributed by atoms with E-state index < -0.39 is 0 Å². The van der Waals surface area contributed by atoms with Gasteiger partial charge in [0.25, 0.3) is 5.91 Å². The number of hydrogen-bond acceptors (Lipinski definition) is 4. The predicted octanol–water partition coefficient (Wildman–Crippen LogP) is 4.48. The number of rotatable bonds is 4. The van der Waals surface area contributed by atoms with Crippen molar-refractivity contribution in [2.45, 2.75) is 69.9 Å². The van der Waals surface area contributed by atoms with Crippen LogP contribution in [0, 0.1) is 5.92 Å². The third-order valence-electron chi connectivity index (χ3n) is 6.26. The van der Waals surface area contributed by atoms with E-state index in [4.69, 9.17) is 21.1 Å². The van der Waals surface area contributed by atoms with Crippen molar-refractivity contribution in [3.63, 3.8) is 0 Å². The average Bonchev–Trinajstić information content (AvgIpc) is 3.20. The second-order valence-electron chi connectivity index (χ2n) is 8.05. The van der Waals surface area contributed by atoms with Gasteiger partial charge in [-0.2, -0.15) is 0 Å². The smallest absolute Gasteiger partial charge is 0.255 e. The first-order valence-corrected chi connectivity index (χ1v) is 10.8. The van der Waals surface area contributed by atoms with Crippen molar-refractivity contribution < 1.29 is 14.3 Å². The van der Waals surface area contributed by atoms with Crippen LogP contribution in [0.3, 0.4) is 0 Å². The number of halogens is 1. The molecule has 1 saturated carbocycles. The highest BCUT2D eigenvalue weighted by atomic mass is 35.5. The van der Waals surface area contributed by atoms with Crippen LogP contribution >= 0.6 is 11.6 Å². The minimum absolute atomic E-state index is 0.0441. The number of likely N-dealkylation sites (tertiary alicyclic amines) is 1. The summed E-state index contributed by atoms with van der Waals surface area (Å²) in [4.78, 5) is 19.5. The molecule has 1 amide bonds. The molecule has 2 saturated heterocycles. The summed E-state index contributed by atoms with van der Waals surface area (Å²) < 4.78 is 11.5. The topological polar surface area (TPSA) is 51.7 Å². The first-order chi connectivity index (χ1) is 13.2. The first kappa shape index (κ1) is 19.0. The molecule has 4 rings (SSSR count). The molecule has 5 nitrogen and oxygen atoms in total. The lowest BCUT2D eigenvalue weighted by atomic mass is 9.90. The quantitative estimate of drug-likeness (QED) is 0.758. The van der Waals surface area contributed by atoms with Crippen LogP contribution in [-0.2, 0) is 4.74 Å². The van der Waals surface area contributed by atoms with Crippen molar-refractivity contribution in [1.82, 2.24) is 9.88 Å². The summed E-state index contributed by atoms with van der Waals surface area (Å²) in [5, 5.41) is 0.438. The van der Waals surface area contributed by atoms with Gasteiger partial charge in [0.1, 0.15) is 11.1 Å². The molecule has 0 bridgehead atoms. The van der Waals surface area contributed by atoms with E-state index in [1.807, 2.05) is 4.90 Å². The molecule has 0 spiro atoms. The molecule has 6 heteroatoms. The second kappa shape index (κ2) is 8.78. The number of aromatic nitrogens is 1. The number of pyridine rings is 1. The fraction of sp³-hybridized carbons (Fsp3) is 0.714. The van der Waals surface area contributed by atoms with Crippen LogP contribution in [0.1, 0.15) is 68.1 Å². The molecular formula is C21H29ClN2O3. The van der Waals surface area contributed by atoms with Crippen molar-refractivity contribution in [2.24, 2.45) is 5.92 Å². The van der Waals surface area contributed by atoms with Gasteiger partial charge >= 0.3 is 0 Å². The maximum absolute atomic E-state index is 13.1. The normalized spacial score (nSPS) is 24.9. The molecule has 2 aliphatic heterocycles. The molecule has 0 radical (unpaired) electrons. The highest BCUT2D eigenvalue weighted by molar-refractivity contribution is 6.32. The van der Waals surface area contributed by atoms with E-state index in [0.717, 1.165) is 58.3 Å². The van der Waals surface area contributed by atoms with Crippen LogP contribution in [-0.4, -0.2) is 47.7 Å². The Balaban J connectivity index is 1.44. The van der Waals surface area contributed by atoms with Gasteiger partial charge in [0.2, 0.25) is 5.88 Å². The summed E-state index contributed by atoms with van der Waals surface area (Å²) in [6.07, 6.45) is 11.8. The average molecular weight is 393 g/mol. The highest BCUT2D eigenvalue weighted by Gasteiger charge is 2.36. The van der Waals surface area contributed by atoms with Crippen molar-refractivity contribution in [3.05, 3.63) is 22.8 Å². The van der Waals surface area contributed by atoms with Gasteiger partial charge in [-0.05, 0) is 63.4 Å². The van der Waals surface area contributed by atoms with E-state index in [2.05, 4.69) is 4.98 Å². The van der Waals surface area contributed by atoms with Gasteiger partial charge in [0, 0.05) is 32.0 Å². The van der Waals surface area contributed by atoms with Crippen LogP contribution in [0.2, 0.25) is 5.02 Å². The SMILES string of the molecule is O=C(c1cnc(OC2CCCCC2)c(Cl)c1)N1CCCC1C1CCOCC1. The van der Waals surface area contributed by atoms with E-state index in [1.165, 1.54) is 19.3 Å². The van der Waals surface area contributed by atoms with Crippen molar-refractivity contribution in [1.29, 1.82) is 0 Å². The number of carbonyl (C=O) groups is 1. The highest BCUT2D eigenvalue weighted by Crippen LogP contribution is 2.33. The molecule has 1 unspecified atom stereocenters. The second-order valence-corrected chi connectivity index (χ2v) is 8.45. The lowest BCUT2D eigenvalue weighted by Gasteiger charge is -2.34. The van der Waals surface area contributed by atoms with E-state index in [-0.39, 0.29) is 12.0 Å². The fourth-order valence-corrected chi connectivity index (χ4v) is 4.98. The molecular weight excluding hydrogens is 364 g/mol. The lowest BCUT2D eigenvalue weighted by molar-refractivity contribution is 0.0322. The fourth-order valence-electron chi connectivity index (χ4n) is 4.77. The summed E-state index contributed by atoms with van der Waals surface area (Å²) in [5.74, 6) is 1.05. The van der Waals surface area contributed by atoms with Crippen molar-refractivity contribution in [3.8, 4) is 5.88 Å². The maximum Gasteiger partial charge on any atom is 0.255 e. The van der Waals surface area contributed by atoms with E-state index >= 15 is 0 Å². The third kappa shape index (κ3) is 4.40. The van der Waals surface area contributed by atoms with Gasteiger partial charge in [-0.25, -0.2) is 4.98 Å². The molecule has 27 heavy (non-hydrogen) atoms. The molecule has 148 valence electrons. The van der Waals surface area contributed by atoms with Crippen LogP contribution in [0.4, 0.5) is 0 Å². The Labute approximate surface area is 166 Å². The largest absolute Gasteiger partial charge is 0.473 e. The van der Waals surface area contributed by atoms with Crippen molar-refractivity contribution >= 4 is 17.5 Å². The molecule has 0 N–H and O–H groups in total. The van der Waals surface area contributed by atoms with E-state index in [9.17, 15) is 4.79 Å². The van der Waals surface area contributed by atoms with Crippen LogP contribution in [0.15, 0.2) is 12.3 Å². The standard InChI is InChI=1S/C21H29ClN2O3/c22-18-13-16(14-23-20(18)27-17-5-2-1-3-6-17)21(25)24-10-4-7-19(24)15-8-11-26-12-9-15/h13-15,17,19H,1-12H2. The Bertz CT molecular complexity index is 657. The number of amides is 1. The molecule has 1 aromatic heterocycles. The summed E-state index contributed by atoms with van der Waals surface area (Å²) in [6.45, 7) is 2.44. The van der Waals surface area contributed by atoms with Crippen LogP contribution in [0.25, 0.3) is 0 Å². The van der Waals surface area contributed by atoms with Gasteiger partial charge in [-0.3, -0.25) is 4.79 Å². The Morgan fingerprint density at radius 1 is 1.11 bits per heavy atom. The van der Waals surface area contributed by atoms with E-state index in [0.29, 0.717) is 28.4 Å². The summed E-state index contributed by atoms with van der Waals surface area (Å²) in [5.41, 5.74) is 0.565. The molecule has 1 atom stereocenters. The zero-order valence-electron chi connectivity index (χ0n) is 15.9. The number of carbonyl (C=O) groups excluding carboxylic acids is 1. The van der Waals surface area contributed by atoms with Gasteiger partial charge in [0.15, 0.2) is 0 Å². The molecule has 3 heterocycles. The Hall–Kier alpha value is -1.33. The number of hydrogen-bond donors (Lipinski definition) is 0. The maximum atomic E-state index is 13.1. The zero-order chi connectivity index (χ0) is 18.6. The Morgan fingerprint density at radius 3 is 2.63 bits per heavy atom. The molecule has 3 aliphatic rings. The van der Waals surface area contributed by atoms with Gasteiger partial charge in [-0.15, -0.1) is 0 Å². The van der Waals surface area contributed by atoms with Gasteiger partial charge in [-0.1, -0.05) is 18.0 Å². The zero-order valence-corrected chi connectivity index (χ0v) is 16.6. The first-order valence-electron chi connectivity index (χ1n) is 10.4. The van der Waals surface area contributed by atoms with Gasteiger partial charge < -0.3 is 14.4 Å². The number of ether oxygens (including phenoxy) is 2. The monoisotopic (exact) mass is 392 g/mol. The number of nitrogens with zero attached hydrogens (tertiary/aromatic N) is 2. The summed E-state index contributed by atoms with van der Waals surface area (Å²) in [7, 11) is 0. The lowest BCUT2D eigenvalue weighted by Crippen LogP contribution is -2.42. The molecule has 1 aromatic rings. The summed E-state index contributed by atoms with van der Waals surface area (Å²) in [6, 6.07) is 2.05. The van der Waals surface area contributed by atoms with Gasteiger partial charge in [0.05, 0.1) is 5.56 Å². The minimum Gasteiger partial charge on any atom is -0.473 e. The van der Waals surface area contributed by atoms with E-state index in [1.54, 1.807) is 12.3 Å².